The molecule has 142 valence electrons. The second-order valence-electron chi connectivity index (χ2n) is 5.90. The molecule has 28 heavy (non-hydrogen) atoms. The number of benzene rings is 3. The minimum absolute atomic E-state index is 0.132. The van der Waals surface area contributed by atoms with Gasteiger partial charge in [-0.25, -0.2) is 8.42 Å². The Labute approximate surface area is 162 Å². The first-order chi connectivity index (χ1) is 13.3. The number of rotatable bonds is 6. The molecule has 8 heteroatoms. The first-order valence-corrected chi connectivity index (χ1v) is 9.73. The van der Waals surface area contributed by atoms with Crippen LogP contribution in [-0.2, 0) is 10.0 Å². The van der Waals surface area contributed by atoms with Crippen LogP contribution in [0.15, 0.2) is 83.8 Å². The van der Waals surface area contributed by atoms with Crippen molar-refractivity contribution in [2.75, 3.05) is 10.0 Å². The van der Waals surface area contributed by atoms with E-state index in [1.54, 1.807) is 48.5 Å². The zero-order valence-electron chi connectivity index (χ0n) is 14.6. The molecule has 4 N–H and O–H groups in total. The molecule has 0 aliphatic rings. The average Bonchev–Trinajstić information content (AvgIpc) is 2.68. The fourth-order valence-electron chi connectivity index (χ4n) is 2.49. The molecule has 0 heterocycles. The van der Waals surface area contributed by atoms with Crippen molar-refractivity contribution in [3.05, 3.63) is 90.0 Å². The Bertz CT molecular complexity index is 1130. The topological polar surface area (TPSA) is 118 Å². The largest absolute Gasteiger partial charge is 0.366 e. The number of sulfonamides is 1. The Morgan fingerprint density at radius 3 is 2.11 bits per heavy atom. The molecule has 0 saturated heterocycles. The minimum Gasteiger partial charge on any atom is -0.366 e. The van der Waals surface area contributed by atoms with Gasteiger partial charge in [0.2, 0.25) is 5.91 Å². The lowest BCUT2D eigenvalue weighted by Gasteiger charge is -2.11. The molecule has 0 radical (unpaired) electrons. The SMILES string of the molecule is NC(=O)c1cccc(C(=O)Nc2cccc(NS(=O)(=O)c3ccccc3)c2)c1. The maximum atomic E-state index is 12.4. The van der Waals surface area contributed by atoms with E-state index >= 15 is 0 Å². The Morgan fingerprint density at radius 1 is 0.750 bits per heavy atom. The zero-order chi connectivity index (χ0) is 20.1. The molecule has 0 atom stereocenters. The summed E-state index contributed by atoms with van der Waals surface area (Å²) in [6, 6.07) is 20.3. The van der Waals surface area contributed by atoms with Crippen LogP contribution in [-0.4, -0.2) is 20.2 Å². The number of nitrogens with one attached hydrogen (secondary N) is 2. The van der Waals surface area contributed by atoms with E-state index in [9.17, 15) is 18.0 Å². The Kier molecular flexibility index (Phi) is 5.42. The van der Waals surface area contributed by atoms with Crippen LogP contribution in [0.5, 0.6) is 0 Å². The van der Waals surface area contributed by atoms with Crippen LogP contribution in [0.25, 0.3) is 0 Å². The summed E-state index contributed by atoms with van der Waals surface area (Å²) in [5, 5.41) is 2.66. The van der Waals surface area contributed by atoms with E-state index in [-0.39, 0.29) is 16.0 Å². The average molecular weight is 395 g/mol. The predicted octanol–water partition coefficient (Wildman–Crippen LogP) is 2.84. The van der Waals surface area contributed by atoms with E-state index < -0.39 is 21.8 Å². The molecule has 0 spiro atoms. The summed E-state index contributed by atoms with van der Waals surface area (Å²) in [5.41, 5.74) is 6.39. The standard InChI is InChI=1S/C20H17N3O4S/c21-19(24)14-6-4-7-15(12-14)20(25)22-16-8-5-9-17(13-16)23-28(26,27)18-10-2-1-3-11-18/h1-13,23H,(H2,21,24)(H,22,25). The van der Waals surface area contributed by atoms with Crippen molar-refractivity contribution in [3.63, 3.8) is 0 Å². The van der Waals surface area contributed by atoms with E-state index in [0.717, 1.165) is 0 Å². The van der Waals surface area contributed by atoms with Gasteiger partial charge in [-0.15, -0.1) is 0 Å². The molecule has 0 aromatic heterocycles. The van der Waals surface area contributed by atoms with Crippen molar-refractivity contribution in [2.24, 2.45) is 5.73 Å². The molecule has 3 rings (SSSR count). The molecule has 3 aromatic carbocycles. The Morgan fingerprint density at radius 2 is 1.39 bits per heavy atom. The van der Waals surface area contributed by atoms with Gasteiger partial charge in [-0.1, -0.05) is 30.3 Å². The van der Waals surface area contributed by atoms with Crippen molar-refractivity contribution in [1.29, 1.82) is 0 Å². The monoisotopic (exact) mass is 395 g/mol. The summed E-state index contributed by atoms with van der Waals surface area (Å²) in [7, 11) is -3.74. The number of carbonyl (C=O) groups excluding carboxylic acids is 2. The molecule has 3 aromatic rings. The molecule has 0 bridgehead atoms. The Hall–Kier alpha value is -3.65. The van der Waals surface area contributed by atoms with Gasteiger partial charge >= 0.3 is 0 Å². The summed E-state index contributed by atoms with van der Waals surface area (Å²) in [5.74, 6) is -1.09. The summed E-state index contributed by atoms with van der Waals surface area (Å²) in [4.78, 5) is 23.8. The van der Waals surface area contributed by atoms with E-state index in [1.165, 1.54) is 30.3 Å². The highest BCUT2D eigenvalue weighted by atomic mass is 32.2. The highest BCUT2D eigenvalue weighted by molar-refractivity contribution is 7.92. The van der Waals surface area contributed by atoms with E-state index in [4.69, 9.17) is 5.73 Å². The number of anilines is 2. The van der Waals surface area contributed by atoms with Gasteiger partial charge in [-0.3, -0.25) is 14.3 Å². The highest BCUT2D eigenvalue weighted by Crippen LogP contribution is 2.20. The summed E-state index contributed by atoms with van der Waals surface area (Å²) >= 11 is 0. The zero-order valence-corrected chi connectivity index (χ0v) is 15.4. The molecular weight excluding hydrogens is 378 g/mol. The molecule has 0 fully saturated rings. The van der Waals surface area contributed by atoms with Gasteiger partial charge < -0.3 is 11.1 Å². The van der Waals surface area contributed by atoms with E-state index in [1.807, 2.05) is 0 Å². The first-order valence-electron chi connectivity index (χ1n) is 8.24. The summed E-state index contributed by atoms with van der Waals surface area (Å²) in [6.07, 6.45) is 0. The Balaban J connectivity index is 1.77. The molecule has 0 aliphatic heterocycles. The number of hydrogen-bond acceptors (Lipinski definition) is 4. The minimum atomic E-state index is -3.74. The number of hydrogen-bond donors (Lipinski definition) is 3. The van der Waals surface area contributed by atoms with Crippen molar-refractivity contribution in [2.45, 2.75) is 4.90 Å². The van der Waals surface area contributed by atoms with Crippen molar-refractivity contribution >= 4 is 33.2 Å². The van der Waals surface area contributed by atoms with Gasteiger partial charge in [0.1, 0.15) is 0 Å². The van der Waals surface area contributed by atoms with Crippen LogP contribution in [0.3, 0.4) is 0 Å². The van der Waals surface area contributed by atoms with Crippen LogP contribution >= 0.6 is 0 Å². The maximum Gasteiger partial charge on any atom is 0.261 e. The van der Waals surface area contributed by atoms with Gasteiger partial charge in [-0.05, 0) is 48.5 Å². The van der Waals surface area contributed by atoms with Crippen LogP contribution in [0.2, 0.25) is 0 Å². The lowest BCUT2D eigenvalue weighted by atomic mass is 10.1. The second kappa shape index (κ2) is 7.93. The number of amides is 2. The van der Waals surface area contributed by atoms with Crippen LogP contribution in [0, 0.1) is 0 Å². The fourth-order valence-corrected chi connectivity index (χ4v) is 3.56. The second-order valence-corrected chi connectivity index (χ2v) is 7.58. The number of primary amides is 1. The smallest absolute Gasteiger partial charge is 0.261 e. The maximum absolute atomic E-state index is 12.4. The normalized spacial score (nSPS) is 10.9. The molecule has 0 saturated carbocycles. The van der Waals surface area contributed by atoms with Crippen molar-refractivity contribution in [3.8, 4) is 0 Å². The lowest BCUT2D eigenvalue weighted by Crippen LogP contribution is -2.16. The quantitative estimate of drug-likeness (QED) is 0.595. The number of carbonyl (C=O) groups is 2. The van der Waals surface area contributed by atoms with Gasteiger partial charge in [0.05, 0.1) is 10.6 Å². The third-order valence-corrected chi connectivity index (χ3v) is 5.23. The third kappa shape index (κ3) is 4.54. The van der Waals surface area contributed by atoms with E-state index in [2.05, 4.69) is 10.0 Å². The molecule has 2 amide bonds. The molecule has 7 nitrogen and oxygen atoms in total. The van der Waals surface area contributed by atoms with Crippen molar-refractivity contribution < 1.29 is 18.0 Å². The van der Waals surface area contributed by atoms with Gasteiger partial charge in [-0.2, -0.15) is 0 Å². The highest BCUT2D eigenvalue weighted by Gasteiger charge is 2.14. The van der Waals surface area contributed by atoms with Crippen molar-refractivity contribution in [1.82, 2.24) is 0 Å². The first kappa shape index (κ1) is 19.1. The molecule has 0 aliphatic carbocycles. The predicted molar refractivity (Wildman–Crippen MR) is 107 cm³/mol. The van der Waals surface area contributed by atoms with E-state index in [0.29, 0.717) is 11.4 Å². The van der Waals surface area contributed by atoms with Gasteiger partial charge in [0.25, 0.3) is 15.9 Å². The fraction of sp³-hybridized carbons (Fsp3) is 0. The van der Waals surface area contributed by atoms with Crippen LogP contribution < -0.4 is 15.8 Å². The lowest BCUT2D eigenvalue weighted by molar-refractivity contribution is 0.1000. The molecular formula is C20H17N3O4S. The van der Waals surface area contributed by atoms with Gasteiger partial charge in [0, 0.05) is 16.8 Å². The van der Waals surface area contributed by atoms with Crippen LogP contribution in [0.1, 0.15) is 20.7 Å². The summed E-state index contributed by atoms with van der Waals surface area (Å²) < 4.78 is 27.3. The number of nitrogens with two attached hydrogens (primary N) is 1. The van der Waals surface area contributed by atoms with Crippen LogP contribution in [0.4, 0.5) is 11.4 Å². The molecule has 0 unspecified atom stereocenters. The summed E-state index contributed by atoms with van der Waals surface area (Å²) in [6.45, 7) is 0. The van der Waals surface area contributed by atoms with Gasteiger partial charge in [0.15, 0.2) is 0 Å². The third-order valence-electron chi connectivity index (χ3n) is 3.84.